The van der Waals surface area contributed by atoms with Crippen LogP contribution in [0.25, 0.3) is 0 Å². The molecule has 0 aromatic carbocycles. The first-order valence-corrected chi connectivity index (χ1v) is 4.01. The van der Waals surface area contributed by atoms with Gasteiger partial charge in [0.15, 0.2) is 0 Å². The van der Waals surface area contributed by atoms with E-state index in [1.165, 1.54) is 10.6 Å². The maximum Gasteiger partial charge on any atom is 0.323 e. The SMILES string of the molecule is Br.N=c1ccc(Br)cn1CC(=O)O. The number of carboxylic acids is 1. The smallest absolute Gasteiger partial charge is 0.323 e. The van der Waals surface area contributed by atoms with Crippen LogP contribution >= 0.6 is 32.9 Å². The fourth-order valence-electron chi connectivity index (χ4n) is 0.792. The standard InChI is InChI=1S/C7H7BrN2O2.BrH/c8-5-1-2-6(9)10(3-5)4-7(11)12;/h1-3,9H,4H2,(H,11,12);1H. The van der Waals surface area contributed by atoms with Crippen LogP contribution in [-0.2, 0) is 11.3 Å². The minimum Gasteiger partial charge on any atom is -0.480 e. The van der Waals surface area contributed by atoms with Gasteiger partial charge in [0.05, 0.1) is 0 Å². The predicted octanol–water partition coefficient (Wildman–Crippen LogP) is 1.39. The van der Waals surface area contributed by atoms with Crippen LogP contribution in [0, 0.1) is 5.41 Å². The van der Waals surface area contributed by atoms with Crippen molar-refractivity contribution in [2.75, 3.05) is 0 Å². The van der Waals surface area contributed by atoms with E-state index in [-0.39, 0.29) is 29.0 Å². The number of hydrogen-bond donors (Lipinski definition) is 2. The van der Waals surface area contributed by atoms with Gasteiger partial charge in [-0.05, 0) is 28.1 Å². The Labute approximate surface area is 93.6 Å². The third-order valence-electron chi connectivity index (χ3n) is 1.29. The lowest BCUT2D eigenvalue weighted by molar-refractivity contribution is -0.137. The zero-order valence-corrected chi connectivity index (χ0v) is 9.83. The summed E-state index contributed by atoms with van der Waals surface area (Å²) >= 11 is 3.19. The van der Waals surface area contributed by atoms with E-state index in [9.17, 15) is 4.79 Å². The van der Waals surface area contributed by atoms with Crippen LogP contribution in [0.4, 0.5) is 0 Å². The summed E-state index contributed by atoms with van der Waals surface area (Å²) in [4.78, 5) is 10.3. The highest BCUT2D eigenvalue weighted by Gasteiger charge is 1.99. The monoisotopic (exact) mass is 310 g/mol. The van der Waals surface area contributed by atoms with Gasteiger partial charge < -0.3 is 9.67 Å². The Hall–Kier alpha value is -0.620. The van der Waals surface area contributed by atoms with Gasteiger partial charge in [-0.25, -0.2) is 0 Å². The highest BCUT2D eigenvalue weighted by atomic mass is 79.9. The van der Waals surface area contributed by atoms with Crippen molar-refractivity contribution < 1.29 is 9.90 Å². The summed E-state index contributed by atoms with van der Waals surface area (Å²) < 4.78 is 2.10. The van der Waals surface area contributed by atoms with Gasteiger partial charge in [0.1, 0.15) is 12.0 Å². The second-order valence-electron chi connectivity index (χ2n) is 2.25. The van der Waals surface area contributed by atoms with E-state index in [0.29, 0.717) is 0 Å². The molecule has 0 spiro atoms. The van der Waals surface area contributed by atoms with Crippen molar-refractivity contribution in [3.63, 3.8) is 0 Å². The van der Waals surface area contributed by atoms with Gasteiger partial charge in [0, 0.05) is 10.7 Å². The van der Waals surface area contributed by atoms with Crippen LogP contribution in [-0.4, -0.2) is 15.6 Å². The number of pyridine rings is 1. The van der Waals surface area contributed by atoms with Gasteiger partial charge in [-0.15, -0.1) is 17.0 Å². The molecule has 0 unspecified atom stereocenters. The maximum atomic E-state index is 10.3. The number of nitrogens with zero attached hydrogens (tertiary/aromatic N) is 1. The summed E-state index contributed by atoms with van der Waals surface area (Å²) in [6, 6.07) is 3.23. The lowest BCUT2D eigenvalue weighted by atomic mass is 10.4. The number of aromatic nitrogens is 1. The summed E-state index contributed by atoms with van der Waals surface area (Å²) in [5.74, 6) is -0.952. The van der Waals surface area contributed by atoms with Crippen LogP contribution in [0.15, 0.2) is 22.8 Å². The lowest BCUT2D eigenvalue weighted by Crippen LogP contribution is -2.22. The average Bonchev–Trinajstić information content (AvgIpc) is 1.96. The normalized spacial score (nSPS) is 9.00. The van der Waals surface area contributed by atoms with Gasteiger partial charge in [-0.1, -0.05) is 0 Å². The van der Waals surface area contributed by atoms with E-state index in [4.69, 9.17) is 10.5 Å². The van der Waals surface area contributed by atoms with E-state index in [1.807, 2.05) is 0 Å². The largest absolute Gasteiger partial charge is 0.480 e. The first-order chi connectivity index (χ1) is 5.59. The van der Waals surface area contributed by atoms with Gasteiger partial charge in [0.25, 0.3) is 0 Å². The van der Waals surface area contributed by atoms with Crippen molar-refractivity contribution in [1.29, 1.82) is 5.41 Å². The lowest BCUT2D eigenvalue weighted by Gasteiger charge is -2.02. The number of carboxylic acid groups (broad SMARTS) is 1. The predicted molar refractivity (Wildman–Crippen MR) is 55.9 cm³/mol. The molecule has 0 saturated carbocycles. The van der Waals surface area contributed by atoms with Crippen LogP contribution in [0.1, 0.15) is 0 Å². The summed E-state index contributed by atoms with van der Waals surface area (Å²) in [6.07, 6.45) is 1.57. The first-order valence-electron chi connectivity index (χ1n) is 3.22. The zero-order chi connectivity index (χ0) is 9.14. The number of hydrogen-bond acceptors (Lipinski definition) is 2. The van der Waals surface area contributed by atoms with Crippen LogP contribution in [0.3, 0.4) is 0 Å². The molecule has 2 N–H and O–H groups in total. The third kappa shape index (κ3) is 3.73. The first kappa shape index (κ1) is 12.4. The molecule has 0 aliphatic carbocycles. The van der Waals surface area contributed by atoms with Crippen molar-refractivity contribution >= 4 is 38.9 Å². The molecule has 0 radical (unpaired) electrons. The molecule has 0 bridgehead atoms. The number of carbonyl (C=O) groups is 1. The van der Waals surface area contributed by atoms with E-state index >= 15 is 0 Å². The molecule has 1 heterocycles. The minimum absolute atomic E-state index is 0. The molecule has 4 nitrogen and oxygen atoms in total. The van der Waals surface area contributed by atoms with E-state index in [2.05, 4.69) is 15.9 Å². The summed E-state index contributed by atoms with van der Waals surface area (Å²) in [5.41, 5.74) is 0.181. The molecular formula is C7H8Br2N2O2. The number of aliphatic carboxylic acids is 1. The molecule has 6 heteroatoms. The Kier molecular flexibility index (Phi) is 4.94. The van der Waals surface area contributed by atoms with Crippen LogP contribution in [0.5, 0.6) is 0 Å². The van der Waals surface area contributed by atoms with Crippen molar-refractivity contribution in [2.45, 2.75) is 6.54 Å². The molecular weight excluding hydrogens is 304 g/mol. The average molecular weight is 312 g/mol. The van der Waals surface area contributed by atoms with Crippen molar-refractivity contribution in [1.82, 2.24) is 4.57 Å². The Morgan fingerprint density at radius 3 is 2.77 bits per heavy atom. The molecule has 0 saturated heterocycles. The van der Waals surface area contributed by atoms with Gasteiger partial charge >= 0.3 is 5.97 Å². The second kappa shape index (κ2) is 5.18. The minimum atomic E-state index is -0.952. The number of halogens is 2. The quantitative estimate of drug-likeness (QED) is 0.867. The Morgan fingerprint density at radius 2 is 2.23 bits per heavy atom. The molecule has 0 fully saturated rings. The Balaban J connectivity index is 0.00000144. The maximum absolute atomic E-state index is 10.3. The Morgan fingerprint density at radius 1 is 1.62 bits per heavy atom. The van der Waals surface area contributed by atoms with E-state index in [0.717, 1.165) is 4.47 Å². The van der Waals surface area contributed by atoms with Gasteiger partial charge in [-0.3, -0.25) is 10.2 Å². The zero-order valence-electron chi connectivity index (χ0n) is 6.53. The molecule has 0 aliphatic heterocycles. The highest BCUT2D eigenvalue weighted by molar-refractivity contribution is 9.10. The topological polar surface area (TPSA) is 66.1 Å². The molecule has 1 rings (SSSR count). The van der Waals surface area contributed by atoms with Gasteiger partial charge in [-0.2, -0.15) is 0 Å². The van der Waals surface area contributed by atoms with E-state index in [1.54, 1.807) is 12.3 Å². The number of rotatable bonds is 2. The summed E-state index contributed by atoms with van der Waals surface area (Å²) in [5, 5.41) is 15.8. The van der Waals surface area contributed by atoms with E-state index < -0.39 is 5.97 Å². The fraction of sp³-hybridized carbons (Fsp3) is 0.143. The Bertz CT molecular complexity index is 362. The van der Waals surface area contributed by atoms with Gasteiger partial charge in [0.2, 0.25) is 0 Å². The van der Waals surface area contributed by atoms with Crippen LogP contribution < -0.4 is 5.49 Å². The van der Waals surface area contributed by atoms with Crippen LogP contribution in [0.2, 0.25) is 0 Å². The summed E-state index contributed by atoms with van der Waals surface area (Å²) in [7, 11) is 0. The molecule has 0 amide bonds. The molecule has 0 aliphatic rings. The second-order valence-corrected chi connectivity index (χ2v) is 3.17. The fourth-order valence-corrected chi connectivity index (χ4v) is 1.17. The molecule has 1 aromatic rings. The molecule has 72 valence electrons. The third-order valence-corrected chi connectivity index (χ3v) is 1.76. The van der Waals surface area contributed by atoms with Crippen molar-refractivity contribution in [3.05, 3.63) is 28.3 Å². The summed E-state index contributed by atoms with van der Waals surface area (Å²) in [6.45, 7) is -0.182. The molecule has 1 aromatic heterocycles. The number of nitrogens with one attached hydrogen (secondary N) is 1. The molecule has 13 heavy (non-hydrogen) atoms. The highest BCUT2D eigenvalue weighted by Crippen LogP contribution is 2.04. The molecule has 0 atom stereocenters. The van der Waals surface area contributed by atoms with Crippen molar-refractivity contribution in [3.8, 4) is 0 Å². The van der Waals surface area contributed by atoms with Crippen molar-refractivity contribution in [2.24, 2.45) is 0 Å².